The van der Waals surface area contributed by atoms with E-state index < -0.39 is 17.9 Å². The van der Waals surface area contributed by atoms with Gasteiger partial charge >= 0.3 is 0 Å². The maximum absolute atomic E-state index is 14.1. The highest BCUT2D eigenvalue weighted by Gasteiger charge is 2.37. The van der Waals surface area contributed by atoms with Crippen molar-refractivity contribution in [2.24, 2.45) is 10.9 Å². The monoisotopic (exact) mass is 1040 g/mol. The van der Waals surface area contributed by atoms with E-state index in [1.54, 1.807) is 59.5 Å². The molecule has 0 saturated heterocycles. The average Bonchev–Trinajstić information content (AvgIpc) is 4.01. The van der Waals surface area contributed by atoms with Gasteiger partial charge in [-0.1, -0.05) is 36.4 Å². The van der Waals surface area contributed by atoms with Crippen LogP contribution in [0.2, 0.25) is 0 Å². The summed E-state index contributed by atoms with van der Waals surface area (Å²) in [5, 5.41) is 14.0. The summed E-state index contributed by atoms with van der Waals surface area (Å²) in [6, 6.07) is 26.3. The maximum atomic E-state index is 14.1. The van der Waals surface area contributed by atoms with Crippen LogP contribution in [0.25, 0.3) is 0 Å². The second-order valence-electron chi connectivity index (χ2n) is 18.5. The number of ether oxygens (including phenoxy) is 4. The summed E-state index contributed by atoms with van der Waals surface area (Å²) in [6.07, 6.45) is 5.07. The number of nitrogens with zero attached hydrogens (tertiary/aromatic N) is 3. The van der Waals surface area contributed by atoms with Gasteiger partial charge in [-0.3, -0.25) is 38.7 Å². The normalized spacial score (nSPS) is 14.3. The van der Waals surface area contributed by atoms with E-state index in [0.717, 1.165) is 28.9 Å². The van der Waals surface area contributed by atoms with E-state index in [9.17, 15) is 28.8 Å². The molecule has 0 saturated carbocycles. The van der Waals surface area contributed by atoms with E-state index in [2.05, 4.69) is 31.4 Å². The summed E-state index contributed by atoms with van der Waals surface area (Å²) in [5.74, 6) is 4.30. The first-order valence-electron chi connectivity index (χ1n) is 25.2. The number of rotatable bonds is 24. The fraction of sp³-hybridized carbons (Fsp3) is 0.339. The van der Waals surface area contributed by atoms with Crippen LogP contribution in [-0.4, -0.2) is 101 Å². The maximum Gasteiger partial charge on any atom is 0.261 e. The molecule has 3 aliphatic rings. The van der Waals surface area contributed by atoms with Crippen LogP contribution in [0, 0.1) is 0 Å². The summed E-state index contributed by atoms with van der Waals surface area (Å²) in [6.45, 7) is 2.43. The van der Waals surface area contributed by atoms with Crippen LogP contribution in [0.4, 0.5) is 28.4 Å². The number of amides is 6. The zero-order chi connectivity index (χ0) is 53.7. The number of nitrogens with two attached hydrogens (primary N) is 1. The first kappa shape index (κ1) is 53.8. The number of carbonyl (C=O) groups excluding carboxylic acids is 6. The van der Waals surface area contributed by atoms with E-state index in [0.29, 0.717) is 108 Å². The third-order valence-electron chi connectivity index (χ3n) is 13.2. The number of methoxy groups -OCH3 is 2. The Hall–Kier alpha value is -8.49. The van der Waals surface area contributed by atoms with Crippen molar-refractivity contribution >= 4 is 70.1 Å². The summed E-state index contributed by atoms with van der Waals surface area (Å²) < 4.78 is 24.3. The first-order chi connectivity index (χ1) is 36.9. The predicted octanol–water partition coefficient (Wildman–Crippen LogP) is 5.91. The van der Waals surface area contributed by atoms with Crippen LogP contribution in [0.15, 0.2) is 96.0 Å². The number of carbonyl (C=O) groups is 6. The number of unbranched alkanes of at least 4 members (excludes halogenated alkanes) is 1. The third-order valence-corrected chi connectivity index (χ3v) is 13.2. The molecule has 0 radical (unpaired) electrons. The Bertz CT molecular complexity index is 3020. The minimum Gasteiger partial charge on any atom is -0.493 e. The van der Waals surface area contributed by atoms with Crippen LogP contribution in [-0.2, 0) is 50.1 Å². The summed E-state index contributed by atoms with van der Waals surface area (Å²) >= 11 is 0. The first-order valence-corrected chi connectivity index (χ1v) is 25.2. The van der Waals surface area contributed by atoms with Crippen molar-refractivity contribution < 1.29 is 52.6 Å². The second kappa shape index (κ2) is 25.2. The molecule has 20 nitrogen and oxygen atoms in total. The largest absolute Gasteiger partial charge is 0.493 e. The smallest absolute Gasteiger partial charge is 0.261 e. The van der Waals surface area contributed by atoms with Crippen molar-refractivity contribution in [2.75, 3.05) is 67.9 Å². The van der Waals surface area contributed by atoms with Crippen molar-refractivity contribution in [3.8, 4) is 23.0 Å². The lowest BCUT2D eigenvalue weighted by Crippen LogP contribution is -2.45. The Morgan fingerprint density at radius 3 is 2.12 bits per heavy atom. The molecule has 7 N–H and O–H groups in total. The van der Waals surface area contributed by atoms with Crippen molar-refractivity contribution in [2.45, 2.75) is 77.2 Å². The minimum absolute atomic E-state index is 0.0208. The Labute approximate surface area is 440 Å². The zero-order valence-corrected chi connectivity index (χ0v) is 43.0. The quantitative estimate of drug-likeness (QED) is 0.0311. The molecule has 0 bridgehead atoms. The SMILES string of the molecule is CNc1cc(OCc2cc(COc3cc4c(cc3OC)C(=O)N3c5ccccc5CC3C=N4)cc(NC(=O)C(C)NC(=O)CNC(=O)CCCCC(=O)NCCCON)c2)c(OC)cc1C(=O)N1CCc2ccccc21. The van der Waals surface area contributed by atoms with Gasteiger partial charge in [-0.05, 0) is 97.3 Å². The highest BCUT2D eigenvalue weighted by atomic mass is 16.6. The van der Waals surface area contributed by atoms with Gasteiger partial charge in [-0.2, -0.15) is 0 Å². The molecule has 3 aliphatic heterocycles. The lowest BCUT2D eigenvalue weighted by atomic mass is 10.1. The van der Waals surface area contributed by atoms with E-state index in [-0.39, 0.29) is 62.3 Å². The van der Waals surface area contributed by atoms with Crippen molar-refractivity contribution in [3.63, 3.8) is 0 Å². The Kier molecular flexibility index (Phi) is 17.8. The van der Waals surface area contributed by atoms with Gasteiger partial charge in [0.25, 0.3) is 11.8 Å². The molecule has 3 heterocycles. The molecule has 2 atom stereocenters. The second-order valence-corrected chi connectivity index (χ2v) is 18.5. The van der Waals surface area contributed by atoms with Crippen LogP contribution in [0.3, 0.4) is 0 Å². The topological polar surface area (TPSA) is 254 Å². The van der Waals surface area contributed by atoms with Crippen LogP contribution >= 0.6 is 0 Å². The van der Waals surface area contributed by atoms with Crippen molar-refractivity contribution in [1.29, 1.82) is 0 Å². The number of anilines is 4. The molecule has 0 fully saturated rings. The third kappa shape index (κ3) is 12.9. The van der Waals surface area contributed by atoms with Crippen molar-refractivity contribution in [1.82, 2.24) is 16.0 Å². The molecule has 0 aliphatic carbocycles. The molecule has 0 aromatic heterocycles. The Morgan fingerprint density at radius 2 is 1.42 bits per heavy atom. The number of hydrogen-bond acceptors (Lipinski definition) is 14. The van der Waals surface area contributed by atoms with Crippen LogP contribution in [0.5, 0.6) is 23.0 Å². The van der Waals surface area contributed by atoms with E-state index in [1.807, 2.05) is 54.6 Å². The molecule has 76 heavy (non-hydrogen) atoms. The van der Waals surface area contributed by atoms with Gasteiger partial charge < -0.3 is 55.3 Å². The fourth-order valence-electron chi connectivity index (χ4n) is 9.34. The summed E-state index contributed by atoms with van der Waals surface area (Å²) in [5.41, 5.74) is 7.18. The summed E-state index contributed by atoms with van der Waals surface area (Å²) in [4.78, 5) is 91.8. The van der Waals surface area contributed by atoms with Gasteiger partial charge in [0.1, 0.15) is 19.3 Å². The standard InChI is InChI=1S/C56H63N9O11/c1-34(62-53(68)31-61-52(67)17-10-9-16-51(66)59-19-11-21-76-57)54(69)63-39-23-35(32-74-49-28-43(58-2)41(26-47(49)72-3)55(70)64-20-18-37-12-5-7-14-45(37)64)22-36(24-39)33-75-50-29-44-42(27-48(50)73-4)56(71)65-40(30-60-44)25-38-13-6-8-15-46(38)65/h5-8,12-15,22-24,26-30,34,40,58H,9-11,16-21,25,31-33,57H2,1-4H3,(H,59,66)(H,61,67)(H,62,68)(H,63,69). The van der Waals surface area contributed by atoms with Gasteiger partial charge in [-0.15, -0.1) is 0 Å². The fourth-order valence-corrected chi connectivity index (χ4v) is 9.34. The minimum atomic E-state index is -1.02. The van der Waals surface area contributed by atoms with E-state index in [1.165, 1.54) is 21.1 Å². The number of fused-ring (bicyclic) bond motifs is 5. The molecule has 398 valence electrons. The highest BCUT2D eigenvalue weighted by molar-refractivity contribution is 6.15. The van der Waals surface area contributed by atoms with Gasteiger partial charge in [0.2, 0.25) is 23.6 Å². The highest BCUT2D eigenvalue weighted by Crippen LogP contribution is 2.42. The van der Waals surface area contributed by atoms with E-state index in [4.69, 9.17) is 29.8 Å². The van der Waals surface area contributed by atoms with Crippen LogP contribution in [0.1, 0.15) is 82.0 Å². The number of para-hydroxylation sites is 2. The lowest BCUT2D eigenvalue weighted by molar-refractivity contribution is -0.128. The van der Waals surface area contributed by atoms with Gasteiger partial charge in [0.05, 0.1) is 55.9 Å². The lowest BCUT2D eigenvalue weighted by Gasteiger charge is -2.22. The summed E-state index contributed by atoms with van der Waals surface area (Å²) in [7, 11) is 4.71. The molecular weight excluding hydrogens is 975 g/mol. The van der Waals surface area contributed by atoms with Crippen LogP contribution < -0.4 is 61.2 Å². The van der Waals surface area contributed by atoms with Gasteiger partial charge in [0.15, 0.2) is 23.0 Å². The Morgan fingerprint density at radius 1 is 0.763 bits per heavy atom. The molecule has 8 rings (SSSR count). The van der Waals surface area contributed by atoms with Gasteiger partial charge in [0, 0.05) is 74.8 Å². The number of aliphatic imine (C=N–C) groups is 1. The van der Waals surface area contributed by atoms with Gasteiger partial charge in [-0.25, -0.2) is 5.90 Å². The molecule has 20 heteroatoms. The molecule has 0 spiro atoms. The van der Waals surface area contributed by atoms with E-state index >= 15 is 0 Å². The predicted molar refractivity (Wildman–Crippen MR) is 287 cm³/mol. The molecular formula is C56H63N9O11. The molecule has 5 aromatic carbocycles. The number of benzene rings is 5. The molecule has 6 amide bonds. The van der Waals surface area contributed by atoms with Crippen molar-refractivity contribution in [3.05, 3.63) is 124 Å². The Balaban J connectivity index is 0.960. The molecule has 5 aromatic rings. The number of hydrogen-bond donors (Lipinski definition) is 6. The molecule has 2 unspecified atom stereocenters. The zero-order valence-electron chi connectivity index (χ0n) is 43.0. The average molecular weight is 1040 g/mol. The number of nitrogens with one attached hydrogen (secondary N) is 5.